The number of hydrogen-bond donors (Lipinski definition) is 1. The summed E-state index contributed by atoms with van der Waals surface area (Å²) in [5.41, 5.74) is -2.35. The molecule has 2 atom stereocenters. The van der Waals surface area contributed by atoms with Crippen molar-refractivity contribution in [3.63, 3.8) is 0 Å². The largest absolute Gasteiger partial charge is 0.322 e. The number of hydrogen-bond acceptors (Lipinski definition) is 3. The lowest BCUT2D eigenvalue weighted by Gasteiger charge is -2.20. The van der Waals surface area contributed by atoms with Crippen LogP contribution in [-0.2, 0) is 20.9 Å². The Hall–Kier alpha value is 0.920. The van der Waals surface area contributed by atoms with Crippen molar-refractivity contribution in [3.05, 3.63) is 0 Å². The van der Waals surface area contributed by atoms with Crippen LogP contribution in [0.2, 0.25) is 0 Å². The molecule has 21 heavy (non-hydrogen) atoms. The zero-order valence-corrected chi connectivity index (χ0v) is 17.3. The fourth-order valence-electron chi connectivity index (χ4n) is 2.62. The second-order valence-corrected chi connectivity index (χ2v) is 12.5. The minimum atomic E-state index is -2.35. The molecule has 0 aromatic rings. The molecule has 2 unspecified atom stereocenters. The molecule has 0 radical (unpaired) electrons. The average molecular weight is 355 g/mol. The summed E-state index contributed by atoms with van der Waals surface area (Å²) in [5.74, 6) is 2.80. The van der Waals surface area contributed by atoms with Gasteiger partial charge in [-0.25, -0.2) is 0 Å². The molecule has 2 nitrogen and oxygen atoms in total. The highest BCUT2D eigenvalue weighted by Crippen LogP contribution is 2.53. The molecule has 0 spiro atoms. The maximum absolute atomic E-state index is 5.71. The number of thiol groups is 1. The predicted octanol–water partition coefficient (Wildman–Crippen LogP) is 6.32. The molecule has 0 heterocycles. The molecule has 0 amide bonds. The van der Waals surface area contributed by atoms with E-state index in [0.29, 0.717) is 25.0 Å². The summed E-state index contributed by atoms with van der Waals surface area (Å²) >= 11 is 9.77. The standard InChI is InChI=1S/C16H35O2PS2/c1-13(2)11-15(5)7-9-17-19(20,21)18-10-8-16(6)12-14(3)4/h13-16H,7-12H2,1-6H3,(H,20,21). The summed E-state index contributed by atoms with van der Waals surface area (Å²) in [4.78, 5) is 0. The van der Waals surface area contributed by atoms with E-state index in [4.69, 9.17) is 20.9 Å². The Morgan fingerprint density at radius 1 is 0.810 bits per heavy atom. The molecule has 0 fully saturated rings. The molecule has 0 aromatic carbocycles. The second-order valence-electron chi connectivity index (χ2n) is 7.18. The first-order valence-electron chi connectivity index (χ1n) is 8.24. The van der Waals surface area contributed by atoms with Crippen LogP contribution in [-0.4, -0.2) is 13.2 Å². The van der Waals surface area contributed by atoms with E-state index in [9.17, 15) is 0 Å². The maximum atomic E-state index is 5.71. The smallest absolute Gasteiger partial charge is 0.244 e. The molecular weight excluding hydrogens is 319 g/mol. The van der Waals surface area contributed by atoms with E-state index in [1.54, 1.807) is 0 Å². The molecule has 0 saturated carbocycles. The Balaban J connectivity index is 3.81. The molecular formula is C16H35O2PS2. The third kappa shape index (κ3) is 14.3. The zero-order valence-electron chi connectivity index (χ0n) is 14.7. The van der Waals surface area contributed by atoms with Crippen LogP contribution in [0.25, 0.3) is 0 Å². The number of rotatable bonds is 12. The van der Waals surface area contributed by atoms with Crippen LogP contribution in [0.15, 0.2) is 0 Å². The Morgan fingerprint density at radius 3 is 1.43 bits per heavy atom. The van der Waals surface area contributed by atoms with Gasteiger partial charge in [0.25, 0.3) is 0 Å². The third-order valence-corrected chi connectivity index (χ3v) is 5.82. The SMILES string of the molecule is CC(C)CC(C)CCOP(=S)(S)OCCC(C)CC(C)C. The predicted molar refractivity (Wildman–Crippen MR) is 102 cm³/mol. The van der Waals surface area contributed by atoms with Gasteiger partial charge in [-0.15, -0.1) is 0 Å². The highest BCUT2D eigenvalue weighted by atomic mass is 32.9. The van der Waals surface area contributed by atoms with E-state index in [2.05, 4.69) is 53.8 Å². The molecule has 0 aromatic heterocycles. The molecule has 5 heteroatoms. The van der Waals surface area contributed by atoms with Crippen molar-refractivity contribution < 1.29 is 9.05 Å². The van der Waals surface area contributed by atoms with E-state index in [0.717, 1.165) is 24.7 Å². The Morgan fingerprint density at radius 2 is 1.14 bits per heavy atom. The van der Waals surface area contributed by atoms with Gasteiger partial charge in [-0.2, -0.15) is 0 Å². The Kier molecular flexibility index (Phi) is 12.0. The van der Waals surface area contributed by atoms with Crippen molar-refractivity contribution in [2.45, 2.75) is 67.2 Å². The van der Waals surface area contributed by atoms with Crippen LogP contribution in [0.3, 0.4) is 0 Å². The quantitative estimate of drug-likeness (QED) is 0.327. The van der Waals surface area contributed by atoms with Gasteiger partial charge in [0.15, 0.2) is 0 Å². The van der Waals surface area contributed by atoms with Gasteiger partial charge in [-0.3, -0.25) is 0 Å². The monoisotopic (exact) mass is 354 g/mol. The summed E-state index contributed by atoms with van der Waals surface area (Å²) in [6, 6.07) is 0. The minimum absolute atomic E-state index is 0.663. The molecule has 0 bridgehead atoms. The second kappa shape index (κ2) is 11.5. The van der Waals surface area contributed by atoms with Gasteiger partial charge in [0, 0.05) is 0 Å². The van der Waals surface area contributed by atoms with E-state index in [1.807, 2.05) is 0 Å². The normalized spacial score (nSPS) is 18.0. The van der Waals surface area contributed by atoms with Crippen LogP contribution in [0, 0.1) is 23.7 Å². The minimum Gasteiger partial charge on any atom is -0.322 e. The molecule has 0 aliphatic heterocycles. The molecule has 0 aliphatic rings. The molecule has 0 N–H and O–H groups in total. The van der Waals surface area contributed by atoms with Gasteiger partial charge in [0.2, 0.25) is 5.69 Å². The van der Waals surface area contributed by atoms with Crippen molar-refractivity contribution in [2.75, 3.05) is 13.2 Å². The lowest BCUT2D eigenvalue weighted by Crippen LogP contribution is -2.06. The van der Waals surface area contributed by atoms with Crippen molar-refractivity contribution in [2.24, 2.45) is 23.7 Å². The van der Waals surface area contributed by atoms with Crippen LogP contribution in [0.5, 0.6) is 0 Å². The van der Waals surface area contributed by atoms with Crippen molar-refractivity contribution >= 4 is 29.7 Å². The lowest BCUT2D eigenvalue weighted by molar-refractivity contribution is 0.225. The summed E-state index contributed by atoms with van der Waals surface area (Å²) in [6.07, 6.45) is 4.52. The first kappa shape index (κ1) is 21.9. The van der Waals surface area contributed by atoms with Gasteiger partial charge in [-0.1, -0.05) is 53.8 Å². The van der Waals surface area contributed by atoms with E-state index >= 15 is 0 Å². The van der Waals surface area contributed by atoms with Crippen LogP contribution < -0.4 is 0 Å². The molecule has 0 saturated heterocycles. The topological polar surface area (TPSA) is 18.5 Å². The highest BCUT2D eigenvalue weighted by Gasteiger charge is 2.15. The fourth-order valence-corrected chi connectivity index (χ4v) is 4.30. The van der Waals surface area contributed by atoms with Crippen LogP contribution in [0.1, 0.15) is 67.2 Å². The first-order valence-corrected chi connectivity index (χ1v) is 12.0. The summed E-state index contributed by atoms with van der Waals surface area (Å²) in [7, 11) is 0. The maximum Gasteiger partial charge on any atom is 0.244 e. The summed E-state index contributed by atoms with van der Waals surface area (Å²) in [6.45, 7) is 14.9. The van der Waals surface area contributed by atoms with E-state index in [1.165, 1.54) is 12.8 Å². The third-order valence-electron chi connectivity index (χ3n) is 3.48. The molecule has 0 rings (SSSR count). The van der Waals surface area contributed by atoms with Gasteiger partial charge < -0.3 is 9.05 Å². The van der Waals surface area contributed by atoms with Crippen molar-refractivity contribution in [1.29, 1.82) is 0 Å². The lowest BCUT2D eigenvalue weighted by atomic mass is 9.96. The zero-order chi connectivity index (χ0) is 16.5. The van der Waals surface area contributed by atoms with Crippen molar-refractivity contribution in [1.82, 2.24) is 0 Å². The average Bonchev–Trinajstić information content (AvgIpc) is 2.25. The van der Waals surface area contributed by atoms with Gasteiger partial charge in [0.1, 0.15) is 0 Å². The Bertz CT molecular complexity index is 283. The van der Waals surface area contributed by atoms with Crippen LogP contribution >= 0.6 is 17.9 Å². The van der Waals surface area contributed by atoms with Gasteiger partial charge in [0.05, 0.1) is 13.2 Å². The van der Waals surface area contributed by atoms with E-state index in [-0.39, 0.29) is 0 Å². The fraction of sp³-hybridized carbons (Fsp3) is 1.00. The molecule has 128 valence electrons. The van der Waals surface area contributed by atoms with Crippen LogP contribution in [0.4, 0.5) is 0 Å². The first-order chi connectivity index (χ1) is 9.62. The Labute approximate surface area is 143 Å². The van der Waals surface area contributed by atoms with Gasteiger partial charge in [-0.05, 0) is 61.2 Å². The van der Waals surface area contributed by atoms with Crippen molar-refractivity contribution in [3.8, 4) is 0 Å². The van der Waals surface area contributed by atoms with Gasteiger partial charge >= 0.3 is 0 Å². The molecule has 0 aliphatic carbocycles. The summed E-state index contributed by atoms with van der Waals surface area (Å²) < 4.78 is 11.4. The summed E-state index contributed by atoms with van der Waals surface area (Å²) in [5, 5.41) is 0. The van der Waals surface area contributed by atoms with E-state index < -0.39 is 5.69 Å². The highest BCUT2D eigenvalue weighted by molar-refractivity contribution is 8.60.